The number of likely N-dealkylation sites (N-methyl/N-ethyl adjacent to an activating group) is 1. The Hall–Kier alpha value is -4.42. The number of H-pyrrole nitrogens is 1. The average Bonchev–Trinajstić information content (AvgIpc) is 3.55. The van der Waals surface area contributed by atoms with E-state index in [2.05, 4.69) is 43.4 Å². The topological polar surface area (TPSA) is 150 Å². The van der Waals surface area contributed by atoms with Crippen LogP contribution in [0.1, 0.15) is 62.6 Å². The minimum absolute atomic E-state index is 0.00414. The van der Waals surface area contributed by atoms with Crippen LogP contribution in [0.15, 0.2) is 94.6 Å². The molecular weight excluding hydrogens is 773 g/mol. The highest BCUT2D eigenvalue weighted by Gasteiger charge is 2.51. The largest absolute Gasteiger partial charge is 0.497 e. The molecule has 1 unspecified atom stereocenters. The molecule has 0 saturated carbocycles. The lowest BCUT2D eigenvalue weighted by molar-refractivity contribution is -0.0979. The fraction of sp³-hybridized carbons (Fsp3) is 0.477. The van der Waals surface area contributed by atoms with Gasteiger partial charge in [0.15, 0.2) is 6.23 Å². The van der Waals surface area contributed by atoms with Crippen molar-refractivity contribution in [3.8, 4) is 17.6 Å². The summed E-state index contributed by atoms with van der Waals surface area (Å²) in [5.74, 6) is 1.37. The summed E-state index contributed by atoms with van der Waals surface area (Å²) in [5.41, 5.74) is 0.470. The molecule has 318 valence electrons. The van der Waals surface area contributed by atoms with Crippen molar-refractivity contribution in [3.63, 3.8) is 0 Å². The Morgan fingerprint density at radius 1 is 0.864 bits per heavy atom. The van der Waals surface area contributed by atoms with Gasteiger partial charge in [-0.1, -0.05) is 54.6 Å². The van der Waals surface area contributed by atoms with E-state index in [1.54, 1.807) is 21.1 Å². The van der Waals surface area contributed by atoms with Gasteiger partial charge in [0, 0.05) is 30.4 Å². The first-order valence-corrected chi connectivity index (χ1v) is 20.9. The van der Waals surface area contributed by atoms with E-state index in [1.165, 1.54) is 10.8 Å². The number of nitrogens with one attached hydrogen (secondary N) is 1. The molecular formula is C44H58N5O9P. The fourth-order valence-electron chi connectivity index (χ4n) is 7.20. The SMILES string of the molecule is COc1ccc(C(OC[C@H]2O[C@@H](n3cc(C)c(=O)[nH]c3=O)[C@H](OCCN(C)C)[C@@H]2OP(OCCC#N)N(C(C)C)C(C)C)(c2ccccc2)c2ccc(OC)cc2)cc1. The average molecular weight is 832 g/mol. The number of hydrogen-bond acceptors (Lipinski definition) is 12. The minimum Gasteiger partial charge on any atom is -0.497 e. The smallest absolute Gasteiger partial charge is 0.330 e. The van der Waals surface area contributed by atoms with E-state index in [0.29, 0.717) is 23.6 Å². The second-order valence-corrected chi connectivity index (χ2v) is 16.5. The van der Waals surface area contributed by atoms with Crippen molar-refractivity contribution in [2.24, 2.45) is 0 Å². The lowest BCUT2D eigenvalue weighted by atomic mass is 9.80. The van der Waals surface area contributed by atoms with Crippen LogP contribution in [0.3, 0.4) is 0 Å². The van der Waals surface area contributed by atoms with E-state index in [1.807, 2.05) is 97.9 Å². The van der Waals surface area contributed by atoms with Crippen LogP contribution in [-0.4, -0.2) is 104 Å². The molecule has 1 N–H and O–H groups in total. The Balaban J connectivity index is 1.69. The normalized spacial score (nSPS) is 18.8. The molecule has 0 radical (unpaired) electrons. The van der Waals surface area contributed by atoms with Gasteiger partial charge in [-0.15, -0.1) is 0 Å². The molecule has 1 saturated heterocycles. The van der Waals surface area contributed by atoms with Gasteiger partial charge in [-0.2, -0.15) is 5.26 Å². The first-order chi connectivity index (χ1) is 28.3. The molecule has 5 atom stereocenters. The van der Waals surface area contributed by atoms with Crippen LogP contribution in [0.5, 0.6) is 11.5 Å². The lowest BCUT2D eigenvalue weighted by Crippen LogP contribution is -2.44. The number of nitrogens with zero attached hydrogens (tertiary/aromatic N) is 4. The van der Waals surface area contributed by atoms with Crippen molar-refractivity contribution in [3.05, 3.63) is 128 Å². The predicted molar refractivity (Wildman–Crippen MR) is 227 cm³/mol. The van der Waals surface area contributed by atoms with Crippen molar-refractivity contribution < 1.29 is 32.7 Å². The second-order valence-electron chi connectivity index (χ2n) is 15.1. The maximum Gasteiger partial charge on any atom is 0.330 e. The van der Waals surface area contributed by atoms with Crippen molar-refractivity contribution >= 4 is 8.53 Å². The predicted octanol–water partition coefficient (Wildman–Crippen LogP) is 6.38. The second kappa shape index (κ2) is 21.2. The maximum absolute atomic E-state index is 13.6. The van der Waals surface area contributed by atoms with Gasteiger partial charge >= 0.3 is 5.69 Å². The highest BCUT2D eigenvalue weighted by molar-refractivity contribution is 7.44. The number of rotatable bonds is 21. The molecule has 15 heteroatoms. The standard InChI is InChI=1S/C44H58N5O9P/c1-30(2)49(31(3)4)59(56-26-13-24-45)58-39-38(57-42(40(39)54-27-25-47(6)7)48-28-32(5)41(50)46-43(48)51)29-55-44(33-14-11-10-12-15-33,34-16-20-36(52-8)21-17-34)35-18-22-37(53-9)23-19-35/h10-12,14-23,28,30-31,38-40,42H,13,25-27,29H2,1-9H3,(H,46,50,51)/t38-,39-,40-,42-,59?/m1/s1. The van der Waals surface area contributed by atoms with Gasteiger partial charge in [0.2, 0.25) is 0 Å². The van der Waals surface area contributed by atoms with E-state index in [0.717, 1.165) is 16.7 Å². The molecule has 5 rings (SSSR count). The third-order valence-electron chi connectivity index (χ3n) is 10.1. The Morgan fingerprint density at radius 2 is 1.44 bits per heavy atom. The van der Waals surface area contributed by atoms with Crippen LogP contribution < -0.4 is 20.7 Å². The molecule has 1 fully saturated rings. The molecule has 0 bridgehead atoms. The lowest BCUT2D eigenvalue weighted by Gasteiger charge is -2.39. The third-order valence-corrected chi connectivity index (χ3v) is 12.2. The molecule has 14 nitrogen and oxygen atoms in total. The summed E-state index contributed by atoms with van der Waals surface area (Å²) in [6.45, 7) is 10.8. The van der Waals surface area contributed by atoms with Crippen molar-refractivity contribution in [1.29, 1.82) is 5.26 Å². The van der Waals surface area contributed by atoms with Crippen LogP contribution in [0.2, 0.25) is 0 Å². The van der Waals surface area contributed by atoms with E-state index >= 15 is 0 Å². The number of aryl methyl sites for hydroxylation is 1. The van der Waals surface area contributed by atoms with E-state index in [9.17, 15) is 14.9 Å². The van der Waals surface area contributed by atoms with Gasteiger partial charge in [0.05, 0.1) is 46.5 Å². The van der Waals surface area contributed by atoms with Crippen molar-refractivity contribution in [2.75, 3.05) is 54.7 Å². The van der Waals surface area contributed by atoms with Crippen LogP contribution in [0.4, 0.5) is 0 Å². The number of aromatic amines is 1. The Kier molecular flexibility index (Phi) is 16.4. The first kappa shape index (κ1) is 45.7. The molecule has 3 aromatic carbocycles. The Labute approximate surface area is 348 Å². The number of nitriles is 1. The molecule has 2 heterocycles. The van der Waals surface area contributed by atoms with E-state index in [-0.39, 0.29) is 38.3 Å². The highest BCUT2D eigenvalue weighted by atomic mass is 31.2. The maximum atomic E-state index is 13.6. The van der Waals surface area contributed by atoms with Gasteiger partial charge < -0.3 is 37.6 Å². The third kappa shape index (κ3) is 10.9. The molecule has 0 amide bonds. The number of hydrogen-bond donors (Lipinski definition) is 1. The molecule has 1 aliphatic heterocycles. The molecule has 0 aliphatic carbocycles. The highest BCUT2D eigenvalue weighted by Crippen LogP contribution is 2.51. The molecule has 1 aromatic heterocycles. The summed E-state index contributed by atoms with van der Waals surface area (Å²) in [5, 5.41) is 9.45. The van der Waals surface area contributed by atoms with E-state index in [4.69, 9.17) is 32.7 Å². The summed E-state index contributed by atoms with van der Waals surface area (Å²) in [6, 6.07) is 27.6. The molecule has 59 heavy (non-hydrogen) atoms. The Bertz CT molecular complexity index is 2010. The monoisotopic (exact) mass is 831 g/mol. The number of methoxy groups -OCH3 is 2. The van der Waals surface area contributed by atoms with Gasteiger partial charge in [0.1, 0.15) is 35.4 Å². The molecule has 0 spiro atoms. The summed E-state index contributed by atoms with van der Waals surface area (Å²) in [7, 11) is 5.32. The van der Waals surface area contributed by atoms with Crippen LogP contribution in [0.25, 0.3) is 0 Å². The quantitative estimate of drug-likeness (QED) is 0.0565. The Morgan fingerprint density at radius 3 is 1.97 bits per heavy atom. The van der Waals surface area contributed by atoms with Gasteiger partial charge in [-0.05, 0) is 89.7 Å². The zero-order valence-corrected chi connectivity index (χ0v) is 36.4. The van der Waals surface area contributed by atoms with E-state index < -0.39 is 49.9 Å². The summed E-state index contributed by atoms with van der Waals surface area (Å²) >= 11 is 0. The number of ether oxygens (including phenoxy) is 5. The number of benzene rings is 3. The first-order valence-electron chi connectivity index (χ1n) is 19.8. The summed E-state index contributed by atoms with van der Waals surface area (Å²) in [6.07, 6.45) is -1.97. The van der Waals surface area contributed by atoms with Crippen molar-refractivity contribution in [2.45, 2.75) is 83.3 Å². The number of aromatic nitrogens is 2. The zero-order chi connectivity index (χ0) is 42.7. The summed E-state index contributed by atoms with van der Waals surface area (Å²) < 4.78 is 49.0. The van der Waals surface area contributed by atoms with Crippen LogP contribution in [0, 0.1) is 18.3 Å². The van der Waals surface area contributed by atoms with Crippen LogP contribution in [-0.2, 0) is 28.9 Å². The van der Waals surface area contributed by atoms with Crippen LogP contribution >= 0.6 is 8.53 Å². The fourth-order valence-corrected chi connectivity index (χ4v) is 8.97. The minimum atomic E-state index is -1.81. The van der Waals surface area contributed by atoms with Gasteiger partial charge in [-0.25, -0.2) is 9.46 Å². The molecule has 4 aromatic rings. The zero-order valence-electron chi connectivity index (χ0n) is 35.5. The van der Waals surface area contributed by atoms with Gasteiger partial charge in [0.25, 0.3) is 14.1 Å². The summed E-state index contributed by atoms with van der Waals surface area (Å²) in [4.78, 5) is 30.6. The molecule has 1 aliphatic rings. The van der Waals surface area contributed by atoms with Crippen molar-refractivity contribution in [1.82, 2.24) is 19.1 Å². The van der Waals surface area contributed by atoms with Gasteiger partial charge in [-0.3, -0.25) is 14.3 Å².